The van der Waals surface area contributed by atoms with E-state index in [4.69, 9.17) is 39.9 Å². The highest BCUT2D eigenvalue weighted by Crippen LogP contribution is 2.55. The number of halogens is 2. The summed E-state index contributed by atoms with van der Waals surface area (Å²) < 4.78 is 5.27. The molecule has 0 radical (unpaired) electrons. The van der Waals surface area contributed by atoms with E-state index in [9.17, 15) is 4.79 Å². The zero-order chi connectivity index (χ0) is 21.8. The Morgan fingerprint density at radius 3 is 2.26 bits per heavy atom. The number of aromatic nitrogens is 1. The standard InChI is InChI=1S/C22H24Cl2N4O2S/c1-11-17(19(28-30-11)18-15(23)3-2-4-16(18)24)20(29)26-27-21(31)25-22-8-12-5-13(9-22)7-14(6-12)10-22/h2-4,12-14H,5-10H2,1H3,(H,26,29)(H2,25,27,31). The first-order valence-corrected chi connectivity index (χ1v) is 11.8. The van der Waals surface area contributed by atoms with Gasteiger partial charge in [0.2, 0.25) is 0 Å². The third-order valence-corrected chi connectivity index (χ3v) is 7.83. The Bertz CT molecular complexity index is 999. The van der Waals surface area contributed by atoms with Crippen LogP contribution in [0.1, 0.15) is 54.6 Å². The van der Waals surface area contributed by atoms with Crippen molar-refractivity contribution in [2.45, 2.75) is 51.0 Å². The van der Waals surface area contributed by atoms with Gasteiger partial charge in [-0.15, -0.1) is 0 Å². The van der Waals surface area contributed by atoms with Crippen LogP contribution in [-0.2, 0) is 0 Å². The van der Waals surface area contributed by atoms with Crippen molar-refractivity contribution in [1.82, 2.24) is 21.3 Å². The molecule has 0 unspecified atom stereocenters. The normalized spacial score (nSPS) is 28.4. The van der Waals surface area contributed by atoms with E-state index in [1.165, 1.54) is 19.3 Å². The molecule has 0 spiro atoms. The lowest BCUT2D eigenvalue weighted by molar-refractivity contribution is -0.0102. The maximum Gasteiger partial charge on any atom is 0.275 e. The van der Waals surface area contributed by atoms with Crippen LogP contribution < -0.4 is 16.2 Å². The van der Waals surface area contributed by atoms with Crippen molar-refractivity contribution in [3.05, 3.63) is 39.6 Å². The van der Waals surface area contributed by atoms with Crippen LogP contribution in [0.3, 0.4) is 0 Å². The average Bonchev–Trinajstić information content (AvgIpc) is 3.06. The predicted octanol–water partition coefficient (Wildman–Crippen LogP) is 5.03. The van der Waals surface area contributed by atoms with Crippen LogP contribution in [0.4, 0.5) is 0 Å². The Morgan fingerprint density at radius 1 is 1.10 bits per heavy atom. The molecule has 164 valence electrons. The highest BCUT2D eigenvalue weighted by atomic mass is 35.5. The highest BCUT2D eigenvalue weighted by molar-refractivity contribution is 7.80. The van der Waals surface area contributed by atoms with Gasteiger partial charge in [-0.25, -0.2) is 0 Å². The van der Waals surface area contributed by atoms with Crippen LogP contribution in [-0.4, -0.2) is 21.7 Å². The molecular weight excluding hydrogens is 455 g/mol. The molecule has 9 heteroatoms. The second kappa shape index (κ2) is 7.94. The summed E-state index contributed by atoms with van der Waals surface area (Å²) in [5.41, 5.74) is 6.63. The minimum absolute atomic E-state index is 0.0624. The van der Waals surface area contributed by atoms with Crippen LogP contribution >= 0.6 is 35.4 Å². The number of benzene rings is 1. The molecule has 1 aromatic heterocycles. The monoisotopic (exact) mass is 478 g/mol. The SMILES string of the molecule is Cc1onc(-c2c(Cl)cccc2Cl)c1C(=O)NNC(=S)NC12CC3CC(CC(C3)C1)C2. The molecular formula is C22H24Cl2N4O2S. The number of hydrogen-bond donors (Lipinski definition) is 3. The maximum atomic E-state index is 13.0. The number of hydrazine groups is 1. The van der Waals surface area contributed by atoms with Crippen molar-refractivity contribution in [1.29, 1.82) is 0 Å². The number of amides is 1. The van der Waals surface area contributed by atoms with Crippen LogP contribution in [0, 0.1) is 24.7 Å². The van der Waals surface area contributed by atoms with Crippen molar-refractivity contribution >= 4 is 46.4 Å². The van der Waals surface area contributed by atoms with Gasteiger partial charge in [0.1, 0.15) is 17.0 Å². The minimum Gasteiger partial charge on any atom is -0.360 e. The third kappa shape index (κ3) is 3.92. The highest BCUT2D eigenvalue weighted by Gasteiger charge is 2.51. The van der Waals surface area contributed by atoms with Gasteiger partial charge in [-0.3, -0.25) is 15.6 Å². The zero-order valence-electron chi connectivity index (χ0n) is 17.1. The Kier molecular flexibility index (Phi) is 5.39. The molecule has 4 saturated carbocycles. The summed E-state index contributed by atoms with van der Waals surface area (Å²) in [5.74, 6) is 2.36. The summed E-state index contributed by atoms with van der Waals surface area (Å²) in [6.45, 7) is 1.67. The molecule has 0 saturated heterocycles. The van der Waals surface area contributed by atoms with Crippen molar-refractivity contribution in [3.8, 4) is 11.3 Å². The molecule has 4 bridgehead atoms. The van der Waals surface area contributed by atoms with Crippen molar-refractivity contribution in [2.75, 3.05) is 0 Å². The molecule has 1 amide bonds. The molecule has 6 nitrogen and oxygen atoms in total. The van der Waals surface area contributed by atoms with E-state index in [0.29, 0.717) is 32.2 Å². The quantitative estimate of drug-likeness (QED) is 0.423. The topological polar surface area (TPSA) is 79.2 Å². The van der Waals surface area contributed by atoms with E-state index in [0.717, 1.165) is 37.0 Å². The molecule has 4 aliphatic rings. The molecule has 1 aromatic carbocycles. The first-order valence-electron chi connectivity index (χ1n) is 10.6. The molecule has 4 fully saturated rings. The van der Waals surface area contributed by atoms with Gasteiger partial charge < -0.3 is 9.84 Å². The molecule has 0 aliphatic heterocycles. The van der Waals surface area contributed by atoms with Gasteiger partial charge in [0, 0.05) is 11.1 Å². The fraction of sp³-hybridized carbons (Fsp3) is 0.500. The largest absolute Gasteiger partial charge is 0.360 e. The van der Waals surface area contributed by atoms with Crippen LogP contribution in [0.5, 0.6) is 0 Å². The summed E-state index contributed by atoms with van der Waals surface area (Å²) in [7, 11) is 0. The van der Waals surface area contributed by atoms with E-state index < -0.39 is 5.91 Å². The van der Waals surface area contributed by atoms with Gasteiger partial charge in [0.15, 0.2) is 5.11 Å². The van der Waals surface area contributed by atoms with Gasteiger partial charge in [-0.2, -0.15) is 0 Å². The van der Waals surface area contributed by atoms with Gasteiger partial charge >= 0.3 is 0 Å². The Morgan fingerprint density at radius 2 is 1.68 bits per heavy atom. The molecule has 2 aromatic rings. The first-order chi connectivity index (χ1) is 14.8. The number of carbonyl (C=O) groups is 1. The van der Waals surface area contributed by atoms with E-state index >= 15 is 0 Å². The first kappa shape index (κ1) is 21.0. The maximum absolute atomic E-state index is 13.0. The number of hydrogen-bond acceptors (Lipinski definition) is 4. The van der Waals surface area contributed by atoms with E-state index in [2.05, 4.69) is 21.3 Å². The molecule has 1 heterocycles. The van der Waals surface area contributed by atoms with Crippen LogP contribution in [0.25, 0.3) is 11.3 Å². The number of rotatable bonds is 3. The third-order valence-electron chi connectivity index (χ3n) is 7.00. The molecule has 4 aliphatic carbocycles. The summed E-state index contributed by atoms with van der Waals surface area (Å²) in [5, 5.41) is 8.76. The lowest BCUT2D eigenvalue weighted by atomic mass is 9.53. The number of carbonyl (C=O) groups excluding carboxylic acids is 1. The molecule has 3 N–H and O–H groups in total. The second-order valence-electron chi connectivity index (χ2n) is 9.29. The van der Waals surface area contributed by atoms with Gasteiger partial charge in [0.05, 0.1) is 10.0 Å². The Labute approximate surface area is 196 Å². The van der Waals surface area contributed by atoms with E-state index in [1.807, 2.05) is 0 Å². The van der Waals surface area contributed by atoms with Gasteiger partial charge in [0.25, 0.3) is 5.91 Å². The molecule has 6 rings (SSSR count). The summed E-state index contributed by atoms with van der Waals surface area (Å²) >= 11 is 18.1. The summed E-state index contributed by atoms with van der Waals surface area (Å²) in [6.07, 6.45) is 7.56. The fourth-order valence-electron chi connectivity index (χ4n) is 6.25. The molecule has 0 atom stereocenters. The Balaban J connectivity index is 1.28. The summed E-state index contributed by atoms with van der Waals surface area (Å²) in [6, 6.07) is 5.12. The zero-order valence-corrected chi connectivity index (χ0v) is 19.5. The smallest absolute Gasteiger partial charge is 0.275 e. The number of thiocarbonyl (C=S) groups is 1. The summed E-state index contributed by atoms with van der Waals surface area (Å²) in [4.78, 5) is 13.0. The van der Waals surface area contributed by atoms with Crippen LogP contribution in [0.2, 0.25) is 10.0 Å². The number of nitrogens with one attached hydrogen (secondary N) is 3. The number of aryl methyl sites for hydroxylation is 1. The van der Waals surface area contributed by atoms with Crippen molar-refractivity contribution < 1.29 is 9.32 Å². The van der Waals surface area contributed by atoms with E-state index in [1.54, 1.807) is 25.1 Å². The minimum atomic E-state index is -0.417. The van der Waals surface area contributed by atoms with Crippen molar-refractivity contribution in [2.24, 2.45) is 17.8 Å². The van der Waals surface area contributed by atoms with E-state index in [-0.39, 0.29) is 11.1 Å². The lowest BCUT2D eigenvalue weighted by Crippen LogP contribution is -2.62. The van der Waals surface area contributed by atoms with Crippen molar-refractivity contribution in [3.63, 3.8) is 0 Å². The fourth-order valence-corrected chi connectivity index (χ4v) is 7.09. The molecule has 31 heavy (non-hydrogen) atoms. The Hall–Kier alpha value is -1.83. The van der Waals surface area contributed by atoms with Crippen LogP contribution in [0.15, 0.2) is 22.7 Å². The second-order valence-corrected chi connectivity index (χ2v) is 10.5. The predicted molar refractivity (Wildman–Crippen MR) is 124 cm³/mol. The lowest BCUT2D eigenvalue weighted by Gasteiger charge is -2.57. The average molecular weight is 479 g/mol. The van der Waals surface area contributed by atoms with Gasteiger partial charge in [-0.05, 0) is 87.6 Å². The van der Waals surface area contributed by atoms with Gasteiger partial charge in [-0.1, -0.05) is 34.4 Å². The number of nitrogens with zero attached hydrogens (tertiary/aromatic N) is 1.